The molecule has 3 aliphatic rings. The number of amides is 3. The number of fused-ring (bicyclic) bond motifs is 2. The molecule has 0 saturated carbocycles. The van der Waals surface area contributed by atoms with Gasteiger partial charge in [-0.2, -0.15) is 0 Å². The molecular weight excluding hydrogens is 320 g/mol. The maximum Gasteiger partial charge on any atom is 0.416 e. The summed E-state index contributed by atoms with van der Waals surface area (Å²) in [5.74, 6) is 1.56. The first-order valence-electron chi connectivity index (χ1n) is 8.98. The average molecular weight is 347 g/mol. The summed E-state index contributed by atoms with van der Waals surface area (Å²) in [6, 6.07) is -0.829. The lowest BCUT2D eigenvalue weighted by molar-refractivity contribution is -0.527. The third-order valence-electron chi connectivity index (χ3n) is 4.68. The van der Waals surface area contributed by atoms with E-state index in [1.165, 1.54) is 9.80 Å². The number of carbonyl (C=O) groups excluding carboxylic acids is 2. The lowest BCUT2D eigenvalue weighted by Crippen LogP contribution is -2.63. The van der Waals surface area contributed by atoms with Crippen LogP contribution in [0, 0.1) is 5.92 Å². The Morgan fingerprint density at radius 2 is 2.00 bits per heavy atom. The molecule has 0 aromatic heterocycles. The maximum absolute atomic E-state index is 13.0. The minimum absolute atomic E-state index is 0.183. The molecule has 0 aliphatic carbocycles. The normalized spacial score (nSPS) is 23.3. The zero-order chi connectivity index (χ0) is 18.3. The second kappa shape index (κ2) is 6.57. The van der Waals surface area contributed by atoms with Crippen LogP contribution < -0.4 is 0 Å². The van der Waals surface area contributed by atoms with Gasteiger partial charge >= 0.3 is 12.0 Å². The molecule has 1 saturated heterocycles. The summed E-state index contributed by atoms with van der Waals surface area (Å²) in [5.41, 5.74) is 0.943. The summed E-state index contributed by atoms with van der Waals surface area (Å²) in [5, 5.41) is 6.49. The van der Waals surface area contributed by atoms with E-state index in [-0.39, 0.29) is 11.9 Å². The fourth-order valence-corrected chi connectivity index (χ4v) is 3.36. The van der Waals surface area contributed by atoms with E-state index in [2.05, 4.69) is 23.9 Å². The summed E-state index contributed by atoms with van der Waals surface area (Å²) in [4.78, 5) is 33.0. The van der Waals surface area contributed by atoms with Crippen molar-refractivity contribution in [3.05, 3.63) is 0 Å². The zero-order valence-corrected chi connectivity index (χ0v) is 15.7. The molecule has 136 valence electrons. The predicted molar refractivity (Wildman–Crippen MR) is 95.8 cm³/mol. The fraction of sp³-hybridized carbons (Fsp3) is 0.706. The van der Waals surface area contributed by atoms with E-state index in [9.17, 15) is 9.59 Å². The van der Waals surface area contributed by atoms with Crippen molar-refractivity contribution in [1.29, 1.82) is 0 Å². The largest absolute Gasteiger partial charge is 0.416 e. The molecule has 8 heteroatoms. The van der Waals surface area contributed by atoms with E-state index in [0.29, 0.717) is 30.8 Å². The van der Waals surface area contributed by atoms with Crippen LogP contribution in [-0.2, 0) is 4.79 Å². The summed E-state index contributed by atoms with van der Waals surface area (Å²) < 4.78 is 1.98. The number of hydrogen-bond acceptors (Lipinski definition) is 5. The Balaban J connectivity index is 1.95. The molecule has 3 heterocycles. The highest BCUT2D eigenvalue weighted by Crippen LogP contribution is 2.23. The van der Waals surface area contributed by atoms with Crippen LogP contribution in [0.4, 0.5) is 4.79 Å². The molecule has 1 unspecified atom stereocenters. The Morgan fingerprint density at radius 3 is 2.64 bits per heavy atom. The minimum Gasteiger partial charge on any atom is -0.270 e. The van der Waals surface area contributed by atoms with Gasteiger partial charge in [-0.1, -0.05) is 25.8 Å². The Kier molecular flexibility index (Phi) is 4.62. The Labute approximate surface area is 148 Å². The molecule has 0 bridgehead atoms. The monoisotopic (exact) mass is 347 g/mol. The molecule has 3 rings (SSSR count). The number of likely N-dealkylation sites (N-methyl/N-ethyl adjacent to an activating group) is 1. The van der Waals surface area contributed by atoms with Gasteiger partial charge in [-0.15, -0.1) is 10.1 Å². The number of imide groups is 1. The van der Waals surface area contributed by atoms with Crippen molar-refractivity contribution in [2.45, 2.75) is 46.6 Å². The Hall–Kier alpha value is -2.25. The second-order valence-electron chi connectivity index (χ2n) is 7.27. The van der Waals surface area contributed by atoms with Crippen LogP contribution in [0.25, 0.3) is 0 Å². The number of aliphatic imine (C=N–C) groups is 1. The van der Waals surface area contributed by atoms with Crippen molar-refractivity contribution in [3.63, 3.8) is 0 Å². The number of hydrogen-bond donors (Lipinski definition) is 0. The van der Waals surface area contributed by atoms with Crippen LogP contribution in [0.2, 0.25) is 0 Å². The van der Waals surface area contributed by atoms with Gasteiger partial charge in [0, 0.05) is 13.6 Å². The number of hydrazone groups is 1. The first-order valence-corrected chi connectivity index (χ1v) is 8.98. The van der Waals surface area contributed by atoms with Gasteiger partial charge in [-0.05, 0) is 25.7 Å². The van der Waals surface area contributed by atoms with E-state index < -0.39 is 6.04 Å². The number of urea groups is 1. The zero-order valence-electron chi connectivity index (χ0n) is 15.7. The molecule has 0 aromatic carbocycles. The third kappa shape index (κ3) is 2.94. The van der Waals surface area contributed by atoms with E-state index in [1.807, 2.05) is 23.4 Å². The molecular formula is C17H27N6O2+. The van der Waals surface area contributed by atoms with Gasteiger partial charge in [0.2, 0.25) is 11.9 Å². The van der Waals surface area contributed by atoms with Crippen molar-refractivity contribution < 1.29 is 14.2 Å². The van der Waals surface area contributed by atoms with E-state index >= 15 is 0 Å². The van der Waals surface area contributed by atoms with E-state index in [1.54, 1.807) is 7.05 Å². The second-order valence-corrected chi connectivity index (χ2v) is 7.27. The smallest absolute Gasteiger partial charge is 0.270 e. The number of guanidine groups is 1. The van der Waals surface area contributed by atoms with Gasteiger partial charge in [0.25, 0.3) is 5.91 Å². The SMILES string of the molecule is CCCN1C(=O)C2C(=NC3=[N+]2CC(C)=NN3CCC(C)C)N(C)C1=O. The van der Waals surface area contributed by atoms with Crippen molar-refractivity contribution in [2.75, 3.05) is 26.7 Å². The summed E-state index contributed by atoms with van der Waals surface area (Å²) in [6.07, 6.45) is 1.72. The molecule has 0 spiro atoms. The molecule has 25 heavy (non-hydrogen) atoms. The number of carbonyl (C=O) groups is 2. The standard InChI is InChI=1S/C17H27N6O2/c1-6-8-21-15(24)13-14(20(5)17(21)25)18-16-22(13)10-12(4)19-23(16)9-7-11(2)3/h11,13H,6-10H2,1-5H3/q+1. The summed E-state index contributed by atoms with van der Waals surface area (Å²) >= 11 is 0. The third-order valence-corrected chi connectivity index (χ3v) is 4.68. The first-order chi connectivity index (χ1) is 11.8. The van der Waals surface area contributed by atoms with Crippen LogP contribution in [0.5, 0.6) is 0 Å². The van der Waals surface area contributed by atoms with Gasteiger partial charge in [0.15, 0.2) is 0 Å². The van der Waals surface area contributed by atoms with Gasteiger partial charge in [-0.25, -0.2) is 9.37 Å². The summed E-state index contributed by atoms with van der Waals surface area (Å²) in [7, 11) is 1.69. The van der Waals surface area contributed by atoms with Crippen LogP contribution >= 0.6 is 0 Å². The summed E-state index contributed by atoms with van der Waals surface area (Å²) in [6.45, 7) is 9.99. The topological polar surface area (TPSA) is 71.6 Å². The molecule has 1 fully saturated rings. The van der Waals surface area contributed by atoms with Gasteiger partial charge in [0.1, 0.15) is 6.54 Å². The Morgan fingerprint density at radius 1 is 1.28 bits per heavy atom. The predicted octanol–water partition coefficient (Wildman–Crippen LogP) is 1.18. The quantitative estimate of drug-likeness (QED) is 0.701. The number of nitrogens with zero attached hydrogens (tertiary/aromatic N) is 6. The van der Waals surface area contributed by atoms with Crippen LogP contribution in [0.3, 0.4) is 0 Å². The van der Waals surface area contributed by atoms with Gasteiger partial charge in [-0.3, -0.25) is 14.6 Å². The van der Waals surface area contributed by atoms with Crippen molar-refractivity contribution in [2.24, 2.45) is 16.0 Å². The fourth-order valence-electron chi connectivity index (χ4n) is 3.36. The molecule has 1 atom stereocenters. The molecule has 3 amide bonds. The number of rotatable bonds is 5. The molecule has 8 nitrogen and oxygen atoms in total. The van der Waals surface area contributed by atoms with Crippen LogP contribution in [-0.4, -0.2) is 81.6 Å². The highest BCUT2D eigenvalue weighted by atomic mass is 16.2. The van der Waals surface area contributed by atoms with E-state index in [0.717, 1.165) is 25.1 Å². The molecule has 3 aliphatic heterocycles. The Bertz CT molecular complexity index is 693. The lowest BCUT2D eigenvalue weighted by Gasteiger charge is -2.34. The molecule has 0 N–H and O–H groups in total. The van der Waals surface area contributed by atoms with Crippen molar-refractivity contribution in [3.8, 4) is 0 Å². The molecule has 0 aromatic rings. The van der Waals surface area contributed by atoms with E-state index in [4.69, 9.17) is 0 Å². The van der Waals surface area contributed by atoms with Crippen LogP contribution in [0.15, 0.2) is 10.1 Å². The number of amidine groups is 1. The van der Waals surface area contributed by atoms with Crippen LogP contribution in [0.1, 0.15) is 40.5 Å². The lowest BCUT2D eigenvalue weighted by atomic mass is 10.1. The van der Waals surface area contributed by atoms with Crippen molar-refractivity contribution in [1.82, 2.24) is 14.8 Å². The molecule has 0 radical (unpaired) electrons. The van der Waals surface area contributed by atoms with Crippen molar-refractivity contribution >= 4 is 29.4 Å². The first kappa shape index (κ1) is 17.6. The highest BCUT2D eigenvalue weighted by Gasteiger charge is 2.54. The maximum atomic E-state index is 13.0. The minimum atomic E-state index is -0.531. The average Bonchev–Trinajstić information content (AvgIpc) is 2.94. The van der Waals surface area contributed by atoms with Gasteiger partial charge < -0.3 is 0 Å². The van der Waals surface area contributed by atoms with Gasteiger partial charge in [0.05, 0.1) is 12.3 Å². The highest BCUT2D eigenvalue weighted by molar-refractivity contribution is 6.23.